The Labute approximate surface area is 129 Å². The molecule has 0 spiro atoms. The van der Waals surface area contributed by atoms with Gasteiger partial charge in [-0.3, -0.25) is 14.5 Å². The second-order valence-electron chi connectivity index (χ2n) is 5.54. The lowest BCUT2D eigenvalue weighted by Gasteiger charge is -2.39. The monoisotopic (exact) mass is 307 g/mol. The standard InChI is InChI=1S/C15H21N3O4/c1-15(2)14(20)18(9-12(19)17-7-8-21-3)13-10(16)5-4-6-11(13)22-15/h4-6H,7-9,16H2,1-3H3,(H,17,19). The molecule has 1 aromatic rings. The SMILES string of the molecule is COCCNC(=O)CN1C(=O)C(C)(C)Oc2cccc(N)c21. The molecule has 2 amide bonds. The van der Waals surface area contributed by atoms with Gasteiger partial charge in [0.25, 0.3) is 5.91 Å². The van der Waals surface area contributed by atoms with Crippen LogP contribution in [-0.2, 0) is 14.3 Å². The van der Waals surface area contributed by atoms with Gasteiger partial charge in [-0.1, -0.05) is 6.07 Å². The third-order valence-corrected chi connectivity index (χ3v) is 3.36. The first-order valence-corrected chi connectivity index (χ1v) is 7.02. The number of carbonyl (C=O) groups excluding carboxylic acids is 2. The van der Waals surface area contributed by atoms with E-state index in [-0.39, 0.29) is 18.4 Å². The molecule has 120 valence electrons. The second-order valence-corrected chi connectivity index (χ2v) is 5.54. The summed E-state index contributed by atoms with van der Waals surface area (Å²) < 4.78 is 10.6. The summed E-state index contributed by atoms with van der Waals surface area (Å²) in [6.45, 7) is 4.01. The average Bonchev–Trinajstić information content (AvgIpc) is 2.44. The zero-order valence-electron chi connectivity index (χ0n) is 13.0. The number of nitrogens with two attached hydrogens (primary N) is 1. The fourth-order valence-corrected chi connectivity index (χ4v) is 2.30. The predicted octanol–water partition coefficient (Wildman–Crippen LogP) is 0.535. The van der Waals surface area contributed by atoms with Crippen LogP contribution in [0.15, 0.2) is 18.2 Å². The zero-order chi connectivity index (χ0) is 16.3. The Morgan fingerprint density at radius 3 is 2.86 bits per heavy atom. The molecule has 1 aromatic carbocycles. The number of rotatable bonds is 5. The van der Waals surface area contributed by atoms with Gasteiger partial charge in [-0.2, -0.15) is 0 Å². The molecular formula is C15H21N3O4. The minimum atomic E-state index is -1.05. The smallest absolute Gasteiger partial charge is 0.271 e. The first-order valence-electron chi connectivity index (χ1n) is 7.02. The lowest BCUT2D eigenvalue weighted by molar-refractivity contribution is -0.134. The highest BCUT2D eigenvalue weighted by Crippen LogP contribution is 2.41. The molecule has 0 saturated carbocycles. The number of benzene rings is 1. The van der Waals surface area contributed by atoms with Crippen LogP contribution < -0.4 is 20.7 Å². The van der Waals surface area contributed by atoms with Crippen molar-refractivity contribution in [3.63, 3.8) is 0 Å². The van der Waals surface area contributed by atoms with E-state index in [1.807, 2.05) is 0 Å². The molecule has 0 fully saturated rings. The highest BCUT2D eigenvalue weighted by atomic mass is 16.5. The van der Waals surface area contributed by atoms with Crippen molar-refractivity contribution < 1.29 is 19.1 Å². The van der Waals surface area contributed by atoms with Crippen LogP contribution in [0.1, 0.15) is 13.8 Å². The topological polar surface area (TPSA) is 93.9 Å². The number of methoxy groups -OCH3 is 1. The number of anilines is 2. The van der Waals surface area contributed by atoms with Gasteiger partial charge in [0.05, 0.1) is 12.3 Å². The molecular weight excluding hydrogens is 286 g/mol. The number of nitrogens with one attached hydrogen (secondary N) is 1. The van der Waals surface area contributed by atoms with Crippen molar-refractivity contribution in [2.45, 2.75) is 19.4 Å². The molecule has 0 saturated heterocycles. The third-order valence-electron chi connectivity index (χ3n) is 3.36. The minimum absolute atomic E-state index is 0.115. The first kappa shape index (κ1) is 16.1. The number of hydrogen-bond acceptors (Lipinski definition) is 5. The molecule has 0 radical (unpaired) electrons. The molecule has 0 unspecified atom stereocenters. The van der Waals surface area contributed by atoms with Gasteiger partial charge in [-0.25, -0.2) is 0 Å². The van der Waals surface area contributed by atoms with Crippen molar-refractivity contribution in [3.05, 3.63) is 18.2 Å². The lowest BCUT2D eigenvalue weighted by atomic mass is 10.0. The van der Waals surface area contributed by atoms with E-state index >= 15 is 0 Å². The summed E-state index contributed by atoms with van der Waals surface area (Å²) in [7, 11) is 1.55. The van der Waals surface area contributed by atoms with E-state index in [1.165, 1.54) is 4.90 Å². The molecule has 1 heterocycles. The summed E-state index contributed by atoms with van der Waals surface area (Å²) in [5, 5.41) is 2.69. The molecule has 0 bridgehead atoms. The van der Waals surface area contributed by atoms with Crippen molar-refractivity contribution in [3.8, 4) is 5.75 Å². The van der Waals surface area contributed by atoms with E-state index in [1.54, 1.807) is 39.2 Å². The summed E-state index contributed by atoms with van der Waals surface area (Å²) in [6.07, 6.45) is 0. The average molecular weight is 307 g/mol. The quantitative estimate of drug-likeness (QED) is 0.611. The Morgan fingerprint density at radius 1 is 1.45 bits per heavy atom. The van der Waals surface area contributed by atoms with E-state index < -0.39 is 5.60 Å². The van der Waals surface area contributed by atoms with Gasteiger partial charge in [0, 0.05) is 13.7 Å². The van der Waals surface area contributed by atoms with Crippen molar-refractivity contribution in [2.75, 3.05) is 37.4 Å². The Bertz CT molecular complexity index is 586. The molecule has 0 atom stereocenters. The number of ether oxygens (including phenoxy) is 2. The van der Waals surface area contributed by atoms with Crippen LogP contribution in [0.25, 0.3) is 0 Å². The Morgan fingerprint density at radius 2 is 2.18 bits per heavy atom. The summed E-state index contributed by atoms with van der Waals surface area (Å²) in [4.78, 5) is 26.0. The minimum Gasteiger partial charge on any atom is -0.476 e. The molecule has 7 nitrogen and oxygen atoms in total. The molecule has 22 heavy (non-hydrogen) atoms. The van der Waals surface area contributed by atoms with Gasteiger partial charge >= 0.3 is 0 Å². The predicted molar refractivity (Wildman–Crippen MR) is 82.8 cm³/mol. The second kappa shape index (κ2) is 6.23. The molecule has 1 aliphatic rings. The van der Waals surface area contributed by atoms with Crippen LogP contribution in [0.3, 0.4) is 0 Å². The molecule has 1 aliphatic heterocycles. The number of para-hydroxylation sites is 1. The maximum Gasteiger partial charge on any atom is 0.271 e. The fraction of sp³-hybridized carbons (Fsp3) is 0.467. The van der Waals surface area contributed by atoms with E-state index in [2.05, 4.69) is 5.32 Å². The summed E-state index contributed by atoms with van der Waals surface area (Å²) >= 11 is 0. The fourth-order valence-electron chi connectivity index (χ4n) is 2.30. The van der Waals surface area contributed by atoms with E-state index in [4.69, 9.17) is 15.2 Å². The van der Waals surface area contributed by atoms with E-state index in [0.717, 1.165) is 0 Å². The van der Waals surface area contributed by atoms with E-state index in [9.17, 15) is 9.59 Å². The number of hydrogen-bond donors (Lipinski definition) is 2. The lowest BCUT2D eigenvalue weighted by Crippen LogP contribution is -2.55. The van der Waals surface area contributed by atoms with Crippen molar-refractivity contribution >= 4 is 23.2 Å². The van der Waals surface area contributed by atoms with Gasteiger partial charge < -0.3 is 20.5 Å². The van der Waals surface area contributed by atoms with Crippen LogP contribution in [0, 0.1) is 0 Å². The normalized spacial score (nSPS) is 16.0. The van der Waals surface area contributed by atoms with Gasteiger partial charge in [0.15, 0.2) is 5.60 Å². The van der Waals surface area contributed by atoms with Gasteiger partial charge in [-0.05, 0) is 26.0 Å². The third kappa shape index (κ3) is 3.14. The van der Waals surface area contributed by atoms with Crippen LogP contribution >= 0.6 is 0 Å². The Balaban J connectivity index is 2.25. The van der Waals surface area contributed by atoms with Crippen molar-refractivity contribution in [2.24, 2.45) is 0 Å². The number of amides is 2. The summed E-state index contributed by atoms with van der Waals surface area (Å²) in [6, 6.07) is 5.15. The van der Waals surface area contributed by atoms with Crippen LogP contribution in [0.2, 0.25) is 0 Å². The van der Waals surface area contributed by atoms with Crippen LogP contribution in [-0.4, -0.2) is 44.2 Å². The largest absolute Gasteiger partial charge is 0.476 e. The Hall–Kier alpha value is -2.28. The Kier molecular flexibility index (Phi) is 4.56. The molecule has 7 heteroatoms. The number of nitrogen functional groups attached to an aromatic ring is 1. The van der Waals surface area contributed by atoms with Crippen LogP contribution in [0.4, 0.5) is 11.4 Å². The molecule has 0 aliphatic carbocycles. The molecule has 3 N–H and O–H groups in total. The molecule has 2 rings (SSSR count). The zero-order valence-corrected chi connectivity index (χ0v) is 13.0. The maximum absolute atomic E-state index is 12.6. The van der Waals surface area contributed by atoms with Crippen molar-refractivity contribution in [1.82, 2.24) is 5.32 Å². The van der Waals surface area contributed by atoms with Crippen molar-refractivity contribution in [1.29, 1.82) is 0 Å². The van der Waals surface area contributed by atoms with Gasteiger partial charge in [0.1, 0.15) is 18.0 Å². The summed E-state index contributed by atoms with van der Waals surface area (Å²) in [5.41, 5.74) is 5.74. The summed E-state index contributed by atoms with van der Waals surface area (Å²) in [5.74, 6) is -0.0913. The number of nitrogens with zero attached hydrogens (tertiary/aromatic N) is 1. The highest BCUT2D eigenvalue weighted by Gasteiger charge is 2.42. The number of fused-ring (bicyclic) bond motifs is 1. The maximum atomic E-state index is 12.6. The van der Waals surface area contributed by atoms with Gasteiger partial charge in [0.2, 0.25) is 5.91 Å². The highest BCUT2D eigenvalue weighted by molar-refractivity contribution is 6.08. The number of carbonyl (C=O) groups is 2. The molecule has 0 aromatic heterocycles. The van der Waals surface area contributed by atoms with Crippen LogP contribution in [0.5, 0.6) is 5.75 Å². The van der Waals surface area contributed by atoms with E-state index in [0.29, 0.717) is 30.3 Å². The van der Waals surface area contributed by atoms with Gasteiger partial charge in [-0.15, -0.1) is 0 Å². The first-order chi connectivity index (χ1) is 10.4.